The third-order valence-electron chi connectivity index (χ3n) is 5.43. The van der Waals surface area contributed by atoms with E-state index in [2.05, 4.69) is 5.32 Å². The molecule has 7 nitrogen and oxygen atoms in total. The Hall–Kier alpha value is -4.10. The molecule has 0 aliphatic heterocycles. The summed E-state index contributed by atoms with van der Waals surface area (Å²) in [4.78, 5) is 30.8. The molecule has 0 bridgehead atoms. The number of anilines is 1. The second-order valence-corrected chi connectivity index (χ2v) is 8.14. The number of halogens is 1. The van der Waals surface area contributed by atoms with E-state index < -0.39 is 0 Å². The monoisotopic (exact) mass is 472 g/mol. The van der Waals surface area contributed by atoms with Gasteiger partial charge in [-0.05, 0) is 55.5 Å². The molecule has 1 amide bonds. The summed E-state index contributed by atoms with van der Waals surface area (Å²) >= 11 is 6.14. The Balaban J connectivity index is 1.56. The molecule has 0 fully saturated rings. The van der Waals surface area contributed by atoms with Gasteiger partial charge in [-0.1, -0.05) is 35.9 Å². The summed E-state index contributed by atoms with van der Waals surface area (Å²) in [7, 11) is 0. The normalized spacial score (nSPS) is 11.1. The van der Waals surface area contributed by atoms with Crippen LogP contribution in [-0.4, -0.2) is 26.5 Å². The second-order valence-electron chi connectivity index (χ2n) is 7.71. The number of imidazole rings is 1. The Labute approximate surface area is 200 Å². The van der Waals surface area contributed by atoms with Crippen molar-refractivity contribution in [2.45, 2.75) is 13.5 Å². The molecule has 2 aromatic heterocycles. The molecule has 3 aromatic carbocycles. The van der Waals surface area contributed by atoms with Gasteiger partial charge in [0.05, 0.1) is 23.3 Å². The van der Waals surface area contributed by atoms with Crippen LogP contribution in [0.1, 0.15) is 6.92 Å². The molecule has 0 radical (unpaired) electrons. The van der Waals surface area contributed by atoms with Crippen LogP contribution in [0.15, 0.2) is 83.7 Å². The predicted octanol–water partition coefficient (Wildman–Crippen LogP) is 5.01. The van der Waals surface area contributed by atoms with Gasteiger partial charge in [0.15, 0.2) is 0 Å². The number of nitrogens with zero attached hydrogens (tertiary/aromatic N) is 3. The molecular weight excluding hydrogens is 452 g/mol. The maximum atomic E-state index is 13.1. The van der Waals surface area contributed by atoms with Crippen molar-refractivity contribution < 1.29 is 9.53 Å². The van der Waals surface area contributed by atoms with E-state index in [0.717, 1.165) is 16.8 Å². The van der Waals surface area contributed by atoms with Crippen molar-refractivity contribution in [2.24, 2.45) is 0 Å². The molecule has 0 aliphatic rings. The fraction of sp³-hybridized carbons (Fsp3) is 0.115. The zero-order valence-corrected chi connectivity index (χ0v) is 19.1. The van der Waals surface area contributed by atoms with Gasteiger partial charge >= 0.3 is 0 Å². The van der Waals surface area contributed by atoms with Crippen LogP contribution in [0.25, 0.3) is 28.1 Å². The number of aromatic nitrogens is 3. The van der Waals surface area contributed by atoms with Crippen LogP contribution in [0.4, 0.5) is 5.69 Å². The lowest BCUT2D eigenvalue weighted by Gasteiger charge is -2.09. The van der Waals surface area contributed by atoms with E-state index in [4.69, 9.17) is 21.3 Å². The highest BCUT2D eigenvalue weighted by atomic mass is 35.5. The fourth-order valence-electron chi connectivity index (χ4n) is 3.96. The van der Waals surface area contributed by atoms with Gasteiger partial charge in [-0.15, -0.1) is 0 Å². The molecular formula is C26H21ClN4O3. The minimum Gasteiger partial charge on any atom is -0.494 e. The number of benzene rings is 3. The standard InChI is InChI=1S/C26H21ClN4O3/c1-2-34-20-12-10-19(11-13-20)28-24(32)16-30-22-8-3-4-9-23(22)31-25(33)15-21(29-26(30)31)17-6-5-7-18(27)14-17/h3-15H,2,16H2,1H3,(H,28,32). The first kappa shape index (κ1) is 21.7. The molecule has 0 saturated carbocycles. The molecule has 0 saturated heterocycles. The van der Waals surface area contributed by atoms with Gasteiger partial charge in [0.1, 0.15) is 12.3 Å². The largest absolute Gasteiger partial charge is 0.494 e. The van der Waals surface area contributed by atoms with Crippen molar-refractivity contribution in [3.8, 4) is 17.0 Å². The first-order chi connectivity index (χ1) is 16.5. The van der Waals surface area contributed by atoms with Crippen LogP contribution in [-0.2, 0) is 11.3 Å². The Morgan fingerprint density at radius 2 is 1.76 bits per heavy atom. The van der Waals surface area contributed by atoms with Crippen molar-refractivity contribution >= 4 is 40.0 Å². The lowest BCUT2D eigenvalue weighted by atomic mass is 10.1. The molecule has 1 N–H and O–H groups in total. The van der Waals surface area contributed by atoms with Crippen molar-refractivity contribution in [1.82, 2.24) is 14.0 Å². The number of hydrogen-bond donors (Lipinski definition) is 1. The van der Waals surface area contributed by atoms with Gasteiger partial charge in [-0.25, -0.2) is 9.38 Å². The number of para-hydroxylation sites is 2. The molecule has 0 atom stereocenters. The van der Waals surface area contributed by atoms with E-state index in [0.29, 0.717) is 34.3 Å². The third kappa shape index (κ3) is 4.13. The first-order valence-corrected chi connectivity index (χ1v) is 11.2. The highest BCUT2D eigenvalue weighted by Gasteiger charge is 2.17. The van der Waals surface area contributed by atoms with Crippen LogP contribution >= 0.6 is 11.6 Å². The maximum absolute atomic E-state index is 13.1. The molecule has 5 rings (SSSR count). The minimum atomic E-state index is -0.241. The van der Waals surface area contributed by atoms with E-state index in [-0.39, 0.29) is 18.0 Å². The summed E-state index contributed by atoms with van der Waals surface area (Å²) in [5.41, 5.74) is 3.05. The Bertz CT molecular complexity index is 1570. The van der Waals surface area contributed by atoms with Gasteiger partial charge in [0.2, 0.25) is 11.7 Å². The fourth-order valence-corrected chi connectivity index (χ4v) is 4.15. The summed E-state index contributed by atoms with van der Waals surface area (Å²) in [6, 6.07) is 23.3. The summed E-state index contributed by atoms with van der Waals surface area (Å²) in [6.07, 6.45) is 0. The van der Waals surface area contributed by atoms with Crippen LogP contribution in [0.5, 0.6) is 5.75 Å². The Morgan fingerprint density at radius 3 is 2.50 bits per heavy atom. The lowest BCUT2D eigenvalue weighted by molar-refractivity contribution is -0.116. The van der Waals surface area contributed by atoms with Crippen molar-refractivity contribution in [1.29, 1.82) is 0 Å². The molecule has 8 heteroatoms. The average Bonchev–Trinajstić information content (AvgIpc) is 3.14. The summed E-state index contributed by atoms with van der Waals surface area (Å²) < 4.78 is 8.71. The highest BCUT2D eigenvalue weighted by Crippen LogP contribution is 2.24. The number of carbonyl (C=O) groups excluding carboxylic acids is 1. The van der Waals surface area contributed by atoms with Gasteiger partial charge in [-0.2, -0.15) is 0 Å². The number of carbonyl (C=O) groups is 1. The van der Waals surface area contributed by atoms with Gasteiger partial charge in [0.25, 0.3) is 5.56 Å². The van der Waals surface area contributed by atoms with Crippen LogP contribution in [0, 0.1) is 0 Å². The van der Waals surface area contributed by atoms with Gasteiger partial charge in [-0.3, -0.25) is 9.59 Å². The number of amides is 1. The smallest absolute Gasteiger partial charge is 0.260 e. The molecule has 0 spiro atoms. The van der Waals surface area contributed by atoms with Crippen LogP contribution in [0.2, 0.25) is 5.02 Å². The Morgan fingerprint density at radius 1 is 1.00 bits per heavy atom. The summed E-state index contributed by atoms with van der Waals surface area (Å²) in [5.74, 6) is 0.875. The topological polar surface area (TPSA) is 77.6 Å². The van der Waals surface area contributed by atoms with E-state index >= 15 is 0 Å². The second kappa shape index (κ2) is 9.03. The molecule has 0 aliphatic carbocycles. The molecule has 0 unspecified atom stereocenters. The van der Waals surface area contributed by atoms with Crippen LogP contribution < -0.4 is 15.6 Å². The number of ether oxygens (including phenoxy) is 1. The molecule has 2 heterocycles. The van der Waals surface area contributed by atoms with Gasteiger partial charge < -0.3 is 14.6 Å². The number of fused-ring (bicyclic) bond motifs is 3. The minimum absolute atomic E-state index is 0.0182. The lowest BCUT2D eigenvalue weighted by Crippen LogP contribution is -2.20. The molecule has 34 heavy (non-hydrogen) atoms. The van der Waals surface area contributed by atoms with Gasteiger partial charge in [0, 0.05) is 22.3 Å². The number of rotatable bonds is 6. The molecule has 170 valence electrons. The van der Waals surface area contributed by atoms with Crippen molar-refractivity contribution in [2.75, 3.05) is 11.9 Å². The van der Waals surface area contributed by atoms with E-state index in [1.54, 1.807) is 47.0 Å². The first-order valence-electron chi connectivity index (χ1n) is 10.8. The van der Waals surface area contributed by atoms with Crippen molar-refractivity contribution in [3.63, 3.8) is 0 Å². The number of nitrogens with one attached hydrogen (secondary N) is 1. The highest BCUT2D eigenvalue weighted by molar-refractivity contribution is 6.30. The third-order valence-corrected chi connectivity index (χ3v) is 5.66. The summed E-state index contributed by atoms with van der Waals surface area (Å²) in [6.45, 7) is 2.47. The van der Waals surface area contributed by atoms with E-state index in [1.165, 1.54) is 10.5 Å². The quantitative estimate of drug-likeness (QED) is 0.377. The van der Waals surface area contributed by atoms with Crippen molar-refractivity contribution in [3.05, 3.63) is 94.2 Å². The summed E-state index contributed by atoms with van der Waals surface area (Å²) in [5, 5.41) is 3.45. The Kier molecular flexibility index (Phi) is 5.77. The maximum Gasteiger partial charge on any atom is 0.260 e. The number of hydrogen-bond acceptors (Lipinski definition) is 4. The zero-order valence-electron chi connectivity index (χ0n) is 18.4. The SMILES string of the molecule is CCOc1ccc(NC(=O)Cn2c3ccccc3n3c(=O)cc(-c4cccc(Cl)c4)nc23)cc1. The van der Waals surface area contributed by atoms with E-state index in [9.17, 15) is 9.59 Å². The van der Waals surface area contributed by atoms with E-state index in [1.807, 2.05) is 37.3 Å². The predicted molar refractivity (Wildman–Crippen MR) is 134 cm³/mol. The zero-order chi connectivity index (χ0) is 23.7. The average molecular weight is 473 g/mol. The van der Waals surface area contributed by atoms with Crippen LogP contribution in [0.3, 0.4) is 0 Å². The molecule has 5 aromatic rings.